The van der Waals surface area contributed by atoms with Crippen molar-refractivity contribution in [2.24, 2.45) is 0 Å². The number of fused-ring (bicyclic) bond motifs is 1. The number of thiophene rings is 1. The molecular weight excluding hydrogens is 353 g/mol. The van der Waals surface area contributed by atoms with Crippen molar-refractivity contribution < 1.29 is 9.90 Å². The lowest BCUT2D eigenvalue weighted by atomic mass is 10.1. The highest BCUT2D eigenvalue weighted by atomic mass is 35.5. The van der Waals surface area contributed by atoms with E-state index in [1.807, 2.05) is 5.38 Å². The van der Waals surface area contributed by atoms with E-state index in [1.165, 1.54) is 23.5 Å². The molecule has 0 unspecified atom stereocenters. The lowest BCUT2D eigenvalue weighted by Crippen LogP contribution is -2.00. The van der Waals surface area contributed by atoms with E-state index >= 15 is 0 Å². The molecule has 0 bridgehead atoms. The normalized spacial score (nSPS) is 11.0. The molecule has 0 saturated heterocycles. The van der Waals surface area contributed by atoms with E-state index in [2.05, 4.69) is 4.98 Å². The first-order valence-electron chi connectivity index (χ1n) is 5.73. The van der Waals surface area contributed by atoms with Gasteiger partial charge >= 0.3 is 5.97 Å². The third kappa shape index (κ3) is 2.72. The number of aromatic nitrogens is 1. The van der Waals surface area contributed by atoms with Gasteiger partial charge in [-0.05, 0) is 24.3 Å². The van der Waals surface area contributed by atoms with Crippen LogP contribution in [0.5, 0.6) is 0 Å². The van der Waals surface area contributed by atoms with E-state index in [9.17, 15) is 9.90 Å². The van der Waals surface area contributed by atoms with E-state index in [1.54, 1.807) is 12.1 Å². The molecule has 21 heavy (non-hydrogen) atoms. The molecule has 0 aliphatic heterocycles. The fraction of sp³-hybridized carbons (Fsp3) is 0. The molecule has 0 amide bonds. The molecule has 3 nitrogen and oxygen atoms in total. The van der Waals surface area contributed by atoms with Gasteiger partial charge in [-0.2, -0.15) is 0 Å². The Bertz CT molecular complexity index is 876. The summed E-state index contributed by atoms with van der Waals surface area (Å²) in [5.41, 5.74) is 1.76. The monoisotopic (exact) mass is 357 g/mol. The van der Waals surface area contributed by atoms with Crippen LogP contribution in [0.2, 0.25) is 14.4 Å². The number of hydrogen-bond donors (Lipinski definition) is 1. The zero-order chi connectivity index (χ0) is 15.1. The first-order chi connectivity index (χ1) is 9.95. The van der Waals surface area contributed by atoms with E-state index in [0.717, 1.165) is 5.56 Å². The van der Waals surface area contributed by atoms with Crippen molar-refractivity contribution in [3.63, 3.8) is 0 Å². The molecule has 3 rings (SSSR count). The largest absolute Gasteiger partial charge is 0.478 e. The van der Waals surface area contributed by atoms with Crippen LogP contribution in [0.1, 0.15) is 10.4 Å². The van der Waals surface area contributed by atoms with Gasteiger partial charge in [-0.15, -0.1) is 11.3 Å². The molecule has 0 fully saturated rings. The summed E-state index contributed by atoms with van der Waals surface area (Å²) in [6.07, 6.45) is 0. The summed E-state index contributed by atoms with van der Waals surface area (Å²) in [4.78, 5) is 15.9. The second kappa shape index (κ2) is 5.46. The summed E-state index contributed by atoms with van der Waals surface area (Å²) in [6, 6.07) is 6.31. The zero-order valence-electron chi connectivity index (χ0n) is 10.2. The smallest absolute Gasteiger partial charge is 0.336 e. The number of halogens is 3. The molecule has 7 heteroatoms. The number of benzene rings is 1. The van der Waals surface area contributed by atoms with Crippen LogP contribution in [0.4, 0.5) is 0 Å². The van der Waals surface area contributed by atoms with E-state index in [-0.39, 0.29) is 5.56 Å². The maximum atomic E-state index is 11.5. The fourth-order valence-electron chi connectivity index (χ4n) is 2.02. The average molecular weight is 359 g/mol. The van der Waals surface area contributed by atoms with Crippen LogP contribution < -0.4 is 0 Å². The minimum absolute atomic E-state index is 0.0988. The third-order valence-corrected chi connectivity index (χ3v) is 4.52. The van der Waals surface area contributed by atoms with Gasteiger partial charge in [0, 0.05) is 21.4 Å². The summed E-state index contributed by atoms with van der Waals surface area (Å²) in [5, 5.41) is 12.3. The van der Waals surface area contributed by atoms with Gasteiger partial charge < -0.3 is 5.11 Å². The Morgan fingerprint density at radius 1 is 1.14 bits per heavy atom. The quantitative estimate of drug-likeness (QED) is 0.646. The lowest BCUT2D eigenvalue weighted by Gasteiger charge is -2.08. The van der Waals surface area contributed by atoms with Crippen LogP contribution >= 0.6 is 46.1 Å². The second-order valence-corrected chi connectivity index (χ2v) is 6.67. The summed E-state index contributed by atoms with van der Waals surface area (Å²) in [7, 11) is 0. The summed E-state index contributed by atoms with van der Waals surface area (Å²) in [5.74, 6) is -1.07. The van der Waals surface area contributed by atoms with E-state index in [0.29, 0.717) is 31.0 Å². The average Bonchev–Trinajstić information content (AvgIpc) is 2.84. The highest BCUT2D eigenvalue weighted by Gasteiger charge is 2.16. The Hall–Kier alpha value is -1.33. The van der Waals surface area contributed by atoms with Gasteiger partial charge in [0.05, 0.1) is 26.1 Å². The highest BCUT2D eigenvalue weighted by molar-refractivity contribution is 7.14. The van der Waals surface area contributed by atoms with Crippen molar-refractivity contribution >= 4 is 63.0 Å². The minimum atomic E-state index is -1.07. The minimum Gasteiger partial charge on any atom is -0.478 e. The van der Waals surface area contributed by atoms with Crippen molar-refractivity contribution in [2.75, 3.05) is 0 Å². The van der Waals surface area contributed by atoms with Gasteiger partial charge in [0.2, 0.25) is 0 Å². The van der Waals surface area contributed by atoms with Crippen molar-refractivity contribution in [1.82, 2.24) is 4.98 Å². The predicted octanol–water partition coefficient (Wildman–Crippen LogP) is 5.62. The number of hydrogen-bond acceptors (Lipinski definition) is 3. The van der Waals surface area contributed by atoms with Crippen molar-refractivity contribution in [3.8, 4) is 11.3 Å². The number of carboxylic acids is 1. The second-order valence-electron chi connectivity index (χ2n) is 4.28. The molecule has 1 aromatic carbocycles. The van der Waals surface area contributed by atoms with Crippen molar-refractivity contribution in [3.05, 3.63) is 49.6 Å². The lowest BCUT2D eigenvalue weighted by molar-refractivity contribution is 0.0699. The van der Waals surface area contributed by atoms with E-state index < -0.39 is 5.97 Å². The number of carboxylic acid groups (broad SMARTS) is 1. The molecule has 0 aliphatic carbocycles. The number of aromatic carboxylic acids is 1. The first kappa shape index (κ1) is 14.6. The number of pyridine rings is 1. The van der Waals surface area contributed by atoms with Crippen molar-refractivity contribution in [2.45, 2.75) is 0 Å². The van der Waals surface area contributed by atoms with Gasteiger partial charge in [-0.3, -0.25) is 0 Å². The van der Waals surface area contributed by atoms with Crippen LogP contribution in [0.15, 0.2) is 29.6 Å². The highest BCUT2D eigenvalue weighted by Crippen LogP contribution is 2.34. The molecule has 3 aromatic rings. The van der Waals surface area contributed by atoms with Gasteiger partial charge in [0.15, 0.2) is 0 Å². The molecule has 0 aliphatic rings. The van der Waals surface area contributed by atoms with Gasteiger partial charge in [0.1, 0.15) is 0 Å². The van der Waals surface area contributed by atoms with Gasteiger partial charge in [0.25, 0.3) is 0 Å². The molecule has 0 spiro atoms. The van der Waals surface area contributed by atoms with Crippen LogP contribution in [-0.2, 0) is 0 Å². The van der Waals surface area contributed by atoms with Crippen LogP contribution in [0, 0.1) is 0 Å². The molecule has 0 atom stereocenters. The first-order valence-corrected chi connectivity index (χ1v) is 7.74. The predicted molar refractivity (Wildman–Crippen MR) is 87.0 cm³/mol. The molecule has 1 N–H and O–H groups in total. The molecule has 0 saturated carbocycles. The maximum Gasteiger partial charge on any atom is 0.336 e. The summed E-state index contributed by atoms with van der Waals surface area (Å²) >= 11 is 19.3. The molecule has 0 radical (unpaired) electrons. The Kier molecular flexibility index (Phi) is 3.80. The molecule has 106 valence electrons. The fourth-order valence-corrected chi connectivity index (χ4v) is 3.43. The topological polar surface area (TPSA) is 50.2 Å². The number of rotatable bonds is 2. The van der Waals surface area contributed by atoms with Gasteiger partial charge in [-0.25, -0.2) is 9.78 Å². The summed E-state index contributed by atoms with van der Waals surface area (Å²) in [6.45, 7) is 0. The van der Waals surface area contributed by atoms with E-state index in [4.69, 9.17) is 34.8 Å². The Morgan fingerprint density at radius 3 is 2.52 bits per heavy atom. The maximum absolute atomic E-state index is 11.5. The molecular formula is C14H6Cl3NO2S. The Balaban J connectivity index is 2.37. The SMILES string of the molecule is O=C(O)c1cc(-c2csc(Cl)c2)nc2c(Cl)cc(Cl)cc12. The van der Waals surface area contributed by atoms with Gasteiger partial charge in [-0.1, -0.05) is 34.8 Å². The zero-order valence-corrected chi connectivity index (χ0v) is 13.3. The van der Waals surface area contributed by atoms with Crippen molar-refractivity contribution in [1.29, 1.82) is 0 Å². The Morgan fingerprint density at radius 2 is 1.90 bits per heavy atom. The Labute approximate surface area is 138 Å². The number of carbonyl (C=O) groups is 1. The standard InChI is InChI=1S/C14H6Cl3NO2S/c15-7-2-8-9(14(19)20)4-11(6-1-12(17)21-5-6)18-13(8)10(16)3-7/h1-5H,(H,19,20). The third-order valence-electron chi connectivity index (χ3n) is 2.93. The van der Waals surface area contributed by atoms with Crippen LogP contribution in [-0.4, -0.2) is 16.1 Å². The molecule has 2 aromatic heterocycles. The molecule has 2 heterocycles. The number of nitrogens with zero attached hydrogens (tertiary/aromatic N) is 1. The van der Waals surface area contributed by atoms with Crippen LogP contribution in [0.3, 0.4) is 0 Å². The summed E-state index contributed by atoms with van der Waals surface area (Å²) < 4.78 is 0.603. The van der Waals surface area contributed by atoms with Crippen LogP contribution in [0.25, 0.3) is 22.2 Å².